The number of nitrogens with one attached hydrogen (secondary N) is 2. The molecule has 5 aromatic rings. The van der Waals surface area contributed by atoms with Gasteiger partial charge in [-0.25, -0.2) is 14.4 Å². The van der Waals surface area contributed by atoms with Crippen LogP contribution in [0.5, 0.6) is 0 Å². The number of nitrogens with zero attached hydrogens (tertiary/aromatic N) is 4. The van der Waals surface area contributed by atoms with Gasteiger partial charge in [-0.1, -0.05) is 29.8 Å². The summed E-state index contributed by atoms with van der Waals surface area (Å²) in [5.41, 5.74) is 4.61. The van der Waals surface area contributed by atoms with Gasteiger partial charge in [-0.3, -0.25) is 9.69 Å². The summed E-state index contributed by atoms with van der Waals surface area (Å²) in [5.74, 6) is -0.204. The van der Waals surface area contributed by atoms with Crippen molar-refractivity contribution in [3.05, 3.63) is 90.1 Å². The van der Waals surface area contributed by atoms with Gasteiger partial charge in [-0.15, -0.1) is 0 Å². The molecule has 202 valence electrons. The molecule has 3 heterocycles. The predicted molar refractivity (Wildman–Crippen MR) is 160 cm³/mol. The third kappa shape index (κ3) is 5.03. The van der Waals surface area contributed by atoms with Crippen LogP contribution in [0.3, 0.4) is 0 Å². The van der Waals surface area contributed by atoms with Crippen LogP contribution >= 0.6 is 11.6 Å². The molecule has 0 unspecified atom stereocenters. The van der Waals surface area contributed by atoms with Crippen molar-refractivity contribution < 1.29 is 9.18 Å². The molecule has 1 fully saturated rings. The quantitative estimate of drug-likeness (QED) is 0.223. The highest BCUT2D eigenvalue weighted by Gasteiger charge is 2.20. The van der Waals surface area contributed by atoms with E-state index in [-0.39, 0.29) is 17.0 Å². The molecule has 0 bridgehead atoms. The lowest BCUT2D eigenvalue weighted by atomic mass is 9.97. The maximum Gasteiger partial charge on any atom is 0.248 e. The molecule has 1 amide bonds. The Bertz CT molecular complexity index is 1780. The molecular weight excluding hydrogens is 527 g/mol. The Morgan fingerprint density at radius 3 is 2.77 bits per heavy atom. The smallest absolute Gasteiger partial charge is 0.248 e. The molecule has 1 aliphatic rings. The van der Waals surface area contributed by atoms with Gasteiger partial charge >= 0.3 is 0 Å². The van der Waals surface area contributed by atoms with Crippen LogP contribution in [0, 0.1) is 5.82 Å². The second kappa shape index (κ2) is 10.7. The van der Waals surface area contributed by atoms with E-state index < -0.39 is 5.82 Å². The van der Waals surface area contributed by atoms with Gasteiger partial charge in [-0.05, 0) is 79.8 Å². The van der Waals surface area contributed by atoms with Crippen molar-refractivity contribution in [3.8, 4) is 11.1 Å². The number of likely N-dealkylation sites (tertiary alicyclic amines) is 1. The minimum atomic E-state index is -0.502. The number of amides is 1. The molecule has 0 saturated carbocycles. The summed E-state index contributed by atoms with van der Waals surface area (Å²) < 4.78 is 15.9. The minimum absolute atomic E-state index is 0.00499. The summed E-state index contributed by atoms with van der Waals surface area (Å²) in [5, 5.41) is 8.20. The molecule has 1 aliphatic heterocycles. The highest BCUT2D eigenvalue weighted by molar-refractivity contribution is 6.31. The standard InChI is InChI=1S/C31H28ClFN6O/c1-38-14-3-4-22(38)8-12-28(40)37-26-11-10-25-30(29(26)20-6-5-19-13-15-39(2)27(19)16-20)31(35-18-34-25)36-21-7-9-24(33)23(32)17-21/h5-13,15-18,22H,3-4,14H2,1-2H3,(H,37,40)(H,34,35,36)/b12-8+/t22-/m1/s1. The molecule has 0 spiro atoms. The van der Waals surface area contributed by atoms with Crippen molar-refractivity contribution in [1.82, 2.24) is 19.4 Å². The Morgan fingerprint density at radius 1 is 1.10 bits per heavy atom. The average molecular weight is 555 g/mol. The Labute approximate surface area is 236 Å². The largest absolute Gasteiger partial charge is 0.351 e. The van der Waals surface area contributed by atoms with Crippen LogP contribution in [0.15, 0.2) is 79.3 Å². The third-order valence-electron chi connectivity index (χ3n) is 7.47. The topological polar surface area (TPSA) is 75.1 Å². The number of aromatic nitrogens is 3. The van der Waals surface area contributed by atoms with Crippen LogP contribution in [0.25, 0.3) is 32.9 Å². The number of likely N-dealkylation sites (N-methyl/N-ethyl adjacent to an activating group) is 1. The van der Waals surface area contributed by atoms with Crippen molar-refractivity contribution in [2.75, 3.05) is 24.2 Å². The van der Waals surface area contributed by atoms with Crippen molar-refractivity contribution >= 4 is 56.5 Å². The van der Waals surface area contributed by atoms with E-state index in [4.69, 9.17) is 11.6 Å². The number of halogens is 2. The Morgan fingerprint density at radius 2 is 1.98 bits per heavy atom. The van der Waals surface area contributed by atoms with Gasteiger partial charge < -0.3 is 15.2 Å². The first-order valence-electron chi connectivity index (χ1n) is 13.1. The molecule has 2 N–H and O–H groups in total. The molecule has 1 saturated heterocycles. The number of fused-ring (bicyclic) bond motifs is 2. The lowest BCUT2D eigenvalue weighted by molar-refractivity contribution is -0.111. The number of hydrogen-bond donors (Lipinski definition) is 2. The van der Waals surface area contributed by atoms with Crippen molar-refractivity contribution in [2.24, 2.45) is 7.05 Å². The molecule has 0 aliphatic carbocycles. The van der Waals surface area contributed by atoms with Crippen LogP contribution in [0.1, 0.15) is 12.8 Å². The fraction of sp³-hybridized carbons (Fsp3) is 0.194. The van der Waals surface area contributed by atoms with Gasteiger partial charge in [0, 0.05) is 47.8 Å². The lowest BCUT2D eigenvalue weighted by Crippen LogP contribution is -2.23. The highest BCUT2D eigenvalue weighted by Crippen LogP contribution is 2.40. The Hall–Kier alpha value is -4.27. The third-order valence-corrected chi connectivity index (χ3v) is 7.76. The van der Waals surface area contributed by atoms with Gasteiger partial charge in [0.1, 0.15) is 18.0 Å². The fourth-order valence-electron chi connectivity index (χ4n) is 5.33. The Kier molecular flexibility index (Phi) is 6.96. The monoisotopic (exact) mass is 554 g/mol. The zero-order valence-corrected chi connectivity index (χ0v) is 22.9. The number of rotatable bonds is 6. The van der Waals surface area contributed by atoms with Gasteiger partial charge in [0.25, 0.3) is 0 Å². The van der Waals surface area contributed by atoms with E-state index in [0.29, 0.717) is 28.1 Å². The second-order valence-electron chi connectivity index (χ2n) is 10.1. The normalized spacial score (nSPS) is 15.8. The second-order valence-corrected chi connectivity index (χ2v) is 10.5. The van der Waals surface area contributed by atoms with Crippen LogP contribution in [0.4, 0.5) is 21.6 Å². The molecule has 1 atom stereocenters. The van der Waals surface area contributed by atoms with E-state index in [1.807, 2.05) is 37.5 Å². The zero-order chi connectivity index (χ0) is 27.8. The SMILES string of the molecule is CN1CCC[C@@H]1/C=C/C(=O)Nc1ccc2ncnc(Nc3ccc(F)c(Cl)c3)c2c1-c1ccc2ccn(C)c2c1. The van der Waals surface area contributed by atoms with E-state index >= 15 is 0 Å². The first-order valence-corrected chi connectivity index (χ1v) is 13.5. The summed E-state index contributed by atoms with van der Waals surface area (Å²) in [4.78, 5) is 24.4. The van der Waals surface area contributed by atoms with E-state index in [1.54, 1.807) is 12.1 Å². The van der Waals surface area contributed by atoms with Gasteiger partial charge in [0.05, 0.1) is 15.9 Å². The van der Waals surface area contributed by atoms with E-state index in [1.165, 1.54) is 18.5 Å². The number of anilines is 3. The highest BCUT2D eigenvalue weighted by atomic mass is 35.5. The van der Waals surface area contributed by atoms with Crippen LogP contribution in [-0.2, 0) is 11.8 Å². The van der Waals surface area contributed by atoms with E-state index in [2.05, 4.69) is 55.3 Å². The molecule has 3 aromatic carbocycles. The number of carbonyl (C=O) groups excluding carboxylic acids is 1. The molecule has 0 radical (unpaired) electrons. The first kappa shape index (κ1) is 26.0. The number of hydrogen-bond acceptors (Lipinski definition) is 5. The fourth-order valence-corrected chi connectivity index (χ4v) is 5.51. The van der Waals surface area contributed by atoms with Crippen molar-refractivity contribution in [3.63, 3.8) is 0 Å². The van der Waals surface area contributed by atoms with E-state index in [0.717, 1.165) is 41.4 Å². The molecule has 9 heteroatoms. The number of aryl methyl sites for hydroxylation is 1. The number of benzene rings is 3. The van der Waals surface area contributed by atoms with Gasteiger partial charge in [0.2, 0.25) is 5.91 Å². The minimum Gasteiger partial charge on any atom is -0.351 e. The summed E-state index contributed by atoms with van der Waals surface area (Å²) in [7, 11) is 4.07. The van der Waals surface area contributed by atoms with Crippen LogP contribution < -0.4 is 10.6 Å². The van der Waals surface area contributed by atoms with Crippen LogP contribution in [0.2, 0.25) is 5.02 Å². The summed E-state index contributed by atoms with van der Waals surface area (Å²) in [6.07, 6.45) is 9.23. The van der Waals surface area contributed by atoms with Crippen LogP contribution in [-0.4, -0.2) is 45.0 Å². The molecule has 40 heavy (non-hydrogen) atoms. The molecule has 7 nitrogen and oxygen atoms in total. The first-order chi connectivity index (χ1) is 19.4. The lowest BCUT2D eigenvalue weighted by Gasteiger charge is -2.17. The maximum absolute atomic E-state index is 13.8. The average Bonchev–Trinajstić information content (AvgIpc) is 3.54. The van der Waals surface area contributed by atoms with Gasteiger partial charge in [0.15, 0.2) is 0 Å². The summed E-state index contributed by atoms with van der Waals surface area (Å²) in [6.45, 7) is 1.03. The Balaban J connectivity index is 1.48. The van der Waals surface area contributed by atoms with Crippen molar-refractivity contribution in [1.29, 1.82) is 0 Å². The maximum atomic E-state index is 13.8. The number of carbonyl (C=O) groups is 1. The van der Waals surface area contributed by atoms with Crippen molar-refractivity contribution in [2.45, 2.75) is 18.9 Å². The molecule has 2 aromatic heterocycles. The molecule has 6 rings (SSSR count). The summed E-state index contributed by atoms with van der Waals surface area (Å²) in [6, 6.07) is 16.6. The van der Waals surface area contributed by atoms with E-state index in [9.17, 15) is 9.18 Å². The predicted octanol–water partition coefficient (Wildman–Crippen LogP) is 6.91. The summed E-state index contributed by atoms with van der Waals surface area (Å²) >= 11 is 6.05. The zero-order valence-electron chi connectivity index (χ0n) is 22.2. The van der Waals surface area contributed by atoms with Gasteiger partial charge in [-0.2, -0.15) is 0 Å². The molecular formula is C31H28ClFN6O.